The van der Waals surface area contributed by atoms with Gasteiger partial charge < -0.3 is 10.6 Å². The topological polar surface area (TPSA) is 59.2 Å². The van der Waals surface area contributed by atoms with Gasteiger partial charge in [-0.2, -0.15) is 0 Å². The van der Waals surface area contributed by atoms with Crippen molar-refractivity contribution < 1.29 is 4.79 Å². The molecular formula is C11H13Br2N3O. The molecule has 1 aromatic rings. The molecular weight excluding hydrogens is 350 g/mol. The molecule has 1 aliphatic rings. The summed E-state index contributed by atoms with van der Waals surface area (Å²) in [5.41, 5.74) is 6.87. The quantitative estimate of drug-likeness (QED) is 0.877. The number of rotatable bonds is 2. The first-order valence-corrected chi connectivity index (χ1v) is 6.99. The zero-order valence-electron chi connectivity index (χ0n) is 9.36. The van der Waals surface area contributed by atoms with Crippen molar-refractivity contribution in [2.75, 3.05) is 6.54 Å². The van der Waals surface area contributed by atoms with Crippen molar-refractivity contribution in [1.29, 1.82) is 0 Å². The third kappa shape index (κ3) is 2.39. The van der Waals surface area contributed by atoms with Gasteiger partial charge in [-0.3, -0.25) is 9.78 Å². The average molecular weight is 363 g/mol. The van der Waals surface area contributed by atoms with Gasteiger partial charge >= 0.3 is 0 Å². The van der Waals surface area contributed by atoms with Crippen LogP contribution in [0.4, 0.5) is 0 Å². The van der Waals surface area contributed by atoms with Crippen molar-refractivity contribution in [3.8, 4) is 0 Å². The van der Waals surface area contributed by atoms with E-state index in [-0.39, 0.29) is 18.0 Å². The fourth-order valence-corrected chi connectivity index (χ4v) is 3.41. The lowest BCUT2D eigenvalue weighted by Crippen LogP contribution is -2.33. The summed E-state index contributed by atoms with van der Waals surface area (Å²) in [6.45, 7) is 2.61. The Morgan fingerprint density at radius 1 is 1.59 bits per heavy atom. The van der Waals surface area contributed by atoms with Crippen LogP contribution in [0.25, 0.3) is 0 Å². The Labute approximate surface area is 117 Å². The van der Waals surface area contributed by atoms with E-state index in [1.165, 1.54) is 0 Å². The van der Waals surface area contributed by atoms with Crippen molar-refractivity contribution in [3.05, 3.63) is 26.9 Å². The number of hydrogen-bond donors (Lipinski definition) is 1. The summed E-state index contributed by atoms with van der Waals surface area (Å²) in [5, 5.41) is 0. The number of carbonyl (C=O) groups is 1. The Balaban J connectivity index is 2.41. The SMILES string of the molecule is CCN1C(=O)CC(N)C1c1ncc(Br)cc1Br. The standard InChI is InChI=1S/C11H13Br2N3O/c1-2-16-9(17)4-8(14)11(16)10-7(13)3-6(12)5-15-10/h3,5,8,11H,2,4,14H2,1H3. The summed E-state index contributed by atoms with van der Waals surface area (Å²) in [6, 6.07) is 1.61. The Bertz CT molecular complexity index is 452. The van der Waals surface area contributed by atoms with Crippen molar-refractivity contribution in [2.24, 2.45) is 5.73 Å². The van der Waals surface area contributed by atoms with E-state index in [2.05, 4.69) is 36.8 Å². The maximum atomic E-state index is 11.8. The fraction of sp³-hybridized carbons (Fsp3) is 0.455. The zero-order chi connectivity index (χ0) is 12.6. The van der Waals surface area contributed by atoms with Crippen LogP contribution in [0.15, 0.2) is 21.2 Å². The molecule has 0 aromatic carbocycles. The summed E-state index contributed by atoms with van der Waals surface area (Å²) in [4.78, 5) is 17.9. The molecule has 0 spiro atoms. The van der Waals surface area contributed by atoms with Gasteiger partial charge in [0.2, 0.25) is 5.91 Å². The number of amides is 1. The molecule has 1 fully saturated rings. The molecule has 4 nitrogen and oxygen atoms in total. The maximum Gasteiger partial charge on any atom is 0.224 e. The normalized spacial score (nSPS) is 24.5. The average Bonchev–Trinajstić information content (AvgIpc) is 2.53. The van der Waals surface area contributed by atoms with E-state index >= 15 is 0 Å². The van der Waals surface area contributed by atoms with E-state index in [1.54, 1.807) is 11.1 Å². The van der Waals surface area contributed by atoms with Crippen LogP contribution in [-0.2, 0) is 4.79 Å². The molecule has 2 atom stereocenters. The molecule has 0 aliphatic carbocycles. The van der Waals surface area contributed by atoms with Crippen LogP contribution >= 0.6 is 31.9 Å². The lowest BCUT2D eigenvalue weighted by Gasteiger charge is -2.25. The number of likely N-dealkylation sites (tertiary alicyclic amines) is 1. The maximum absolute atomic E-state index is 11.8. The number of nitrogens with zero attached hydrogens (tertiary/aromatic N) is 2. The highest BCUT2D eigenvalue weighted by Crippen LogP contribution is 2.35. The lowest BCUT2D eigenvalue weighted by atomic mass is 10.1. The van der Waals surface area contributed by atoms with Crippen LogP contribution in [0.1, 0.15) is 25.1 Å². The van der Waals surface area contributed by atoms with Crippen molar-refractivity contribution in [3.63, 3.8) is 0 Å². The molecule has 1 aliphatic heterocycles. The van der Waals surface area contributed by atoms with Gasteiger partial charge in [0, 0.05) is 34.1 Å². The van der Waals surface area contributed by atoms with Crippen LogP contribution in [0.3, 0.4) is 0 Å². The summed E-state index contributed by atoms with van der Waals surface area (Å²) < 4.78 is 1.77. The minimum Gasteiger partial charge on any atom is -0.333 e. The molecule has 2 rings (SSSR count). The number of halogens is 2. The summed E-state index contributed by atoms with van der Waals surface area (Å²) >= 11 is 6.83. The third-order valence-corrected chi connectivity index (χ3v) is 4.00. The highest BCUT2D eigenvalue weighted by molar-refractivity contribution is 9.11. The van der Waals surface area contributed by atoms with Crippen LogP contribution in [0.2, 0.25) is 0 Å². The van der Waals surface area contributed by atoms with Crippen LogP contribution in [0.5, 0.6) is 0 Å². The van der Waals surface area contributed by atoms with Gasteiger partial charge in [0.25, 0.3) is 0 Å². The first kappa shape index (κ1) is 13.0. The predicted octanol–water partition coefficient (Wildman–Crippen LogP) is 2.23. The molecule has 6 heteroatoms. The molecule has 17 heavy (non-hydrogen) atoms. The molecule has 2 N–H and O–H groups in total. The van der Waals surface area contributed by atoms with Gasteiger partial charge in [0.1, 0.15) is 0 Å². The molecule has 92 valence electrons. The highest BCUT2D eigenvalue weighted by Gasteiger charge is 2.39. The monoisotopic (exact) mass is 361 g/mol. The minimum absolute atomic E-state index is 0.0987. The number of carbonyl (C=O) groups excluding carboxylic acids is 1. The summed E-state index contributed by atoms with van der Waals surface area (Å²) in [6.07, 6.45) is 2.12. The van der Waals surface area contributed by atoms with E-state index in [0.29, 0.717) is 13.0 Å². The number of hydrogen-bond acceptors (Lipinski definition) is 3. The molecule has 1 saturated heterocycles. The second-order valence-electron chi connectivity index (χ2n) is 4.01. The van der Waals surface area contributed by atoms with Crippen molar-refractivity contribution in [2.45, 2.75) is 25.4 Å². The first-order chi connectivity index (χ1) is 8.04. The van der Waals surface area contributed by atoms with E-state index in [9.17, 15) is 4.79 Å². The molecule has 0 bridgehead atoms. The van der Waals surface area contributed by atoms with Gasteiger partial charge in [-0.05, 0) is 44.8 Å². The van der Waals surface area contributed by atoms with Crippen LogP contribution in [-0.4, -0.2) is 28.4 Å². The van der Waals surface area contributed by atoms with Gasteiger partial charge in [-0.15, -0.1) is 0 Å². The molecule has 1 amide bonds. The van der Waals surface area contributed by atoms with Crippen LogP contribution in [0, 0.1) is 0 Å². The highest BCUT2D eigenvalue weighted by atomic mass is 79.9. The summed E-state index contributed by atoms with van der Waals surface area (Å²) in [5.74, 6) is 0.0987. The number of nitrogens with two attached hydrogens (primary N) is 1. The second kappa shape index (κ2) is 5.04. The number of likely N-dealkylation sites (N-methyl/N-ethyl adjacent to an activating group) is 1. The third-order valence-electron chi connectivity index (χ3n) is 2.93. The van der Waals surface area contributed by atoms with E-state index in [1.807, 2.05) is 13.0 Å². The molecule has 2 heterocycles. The Morgan fingerprint density at radius 2 is 2.29 bits per heavy atom. The predicted molar refractivity (Wildman–Crippen MR) is 72.4 cm³/mol. The Hall–Kier alpha value is -0.460. The van der Waals surface area contributed by atoms with Crippen molar-refractivity contribution in [1.82, 2.24) is 9.88 Å². The van der Waals surface area contributed by atoms with Gasteiger partial charge in [0.15, 0.2) is 0 Å². The van der Waals surface area contributed by atoms with Crippen LogP contribution < -0.4 is 5.73 Å². The Kier molecular flexibility index (Phi) is 3.85. The zero-order valence-corrected chi connectivity index (χ0v) is 12.5. The van der Waals surface area contributed by atoms with Gasteiger partial charge in [0.05, 0.1) is 11.7 Å². The lowest BCUT2D eigenvalue weighted by molar-refractivity contribution is -0.128. The fourth-order valence-electron chi connectivity index (χ4n) is 2.18. The van der Waals surface area contributed by atoms with Gasteiger partial charge in [-0.25, -0.2) is 0 Å². The molecule has 0 saturated carbocycles. The molecule has 2 unspecified atom stereocenters. The number of pyridine rings is 1. The first-order valence-electron chi connectivity index (χ1n) is 5.40. The van der Waals surface area contributed by atoms with Crippen molar-refractivity contribution >= 4 is 37.8 Å². The van der Waals surface area contributed by atoms with E-state index < -0.39 is 0 Å². The second-order valence-corrected chi connectivity index (χ2v) is 5.78. The number of aromatic nitrogens is 1. The Morgan fingerprint density at radius 3 is 2.88 bits per heavy atom. The van der Waals surface area contributed by atoms with E-state index in [0.717, 1.165) is 14.6 Å². The van der Waals surface area contributed by atoms with E-state index in [4.69, 9.17) is 5.73 Å². The minimum atomic E-state index is -0.188. The summed E-state index contributed by atoms with van der Waals surface area (Å²) in [7, 11) is 0. The molecule has 1 aromatic heterocycles. The smallest absolute Gasteiger partial charge is 0.224 e. The van der Waals surface area contributed by atoms with Gasteiger partial charge in [-0.1, -0.05) is 0 Å². The molecule has 0 radical (unpaired) electrons. The largest absolute Gasteiger partial charge is 0.333 e.